The van der Waals surface area contributed by atoms with Gasteiger partial charge >= 0.3 is 0 Å². The maximum atomic E-state index is 4.94. The van der Waals surface area contributed by atoms with Crippen LogP contribution in [0.3, 0.4) is 0 Å². The number of imidazole rings is 1. The highest BCUT2D eigenvalue weighted by Crippen LogP contribution is 2.31. The van der Waals surface area contributed by atoms with E-state index in [1.165, 1.54) is 0 Å². The van der Waals surface area contributed by atoms with E-state index < -0.39 is 0 Å². The first kappa shape index (κ1) is 21.9. The number of allylic oxidation sites excluding steroid dienone is 5. The molecule has 8 heteroatoms. The van der Waals surface area contributed by atoms with E-state index in [1.54, 1.807) is 12.4 Å². The SMILES string of the molecule is C=C(CC(C)C)Nc1cncc(-c2ccc3[nH]nc(-c4nc5c(C6=CCC=C6)cncc5[nH]4)c3n2)c1. The van der Waals surface area contributed by atoms with Crippen LogP contribution in [0.25, 0.3) is 50.4 Å². The molecule has 0 fully saturated rings. The van der Waals surface area contributed by atoms with Crippen molar-refractivity contribution in [2.24, 2.45) is 5.92 Å². The van der Waals surface area contributed by atoms with Crippen molar-refractivity contribution in [3.8, 4) is 22.8 Å². The minimum atomic E-state index is 0.529. The van der Waals surface area contributed by atoms with E-state index in [2.05, 4.69) is 69.1 Å². The second-order valence-corrected chi connectivity index (χ2v) is 9.42. The van der Waals surface area contributed by atoms with Crippen molar-refractivity contribution in [3.05, 3.63) is 79.1 Å². The lowest BCUT2D eigenvalue weighted by Crippen LogP contribution is -2.02. The van der Waals surface area contributed by atoms with Gasteiger partial charge in [0, 0.05) is 29.2 Å². The molecule has 0 unspecified atom stereocenters. The first-order valence-electron chi connectivity index (χ1n) is 12.0. The van der Waals surface area contributed by atoms with E-state index in [4.69, 9.17) is 9.97 Å². The number of hydrogen-bond donors (Lipinski definition) is 3. The smallest absolute Gasteiger partial charge is 0.161 e. The van der Waals surface area contributed by atoms with E-state index in [0.29, 0.717) is 17.4 Å². The standard InChI is InChI=1S/C28H26N8/c1-16(2)10-17(3)31-20-11-19(12-29-13-20)22-8-9-23-26(32-22)27(36-35-23)28-33-24-15-30-14-21(25(24)34-28)18-6-4-5-7-18/h4,6-9,11-16,31H,3,5,10H2,1-2H3,(H,33,34)(H,35,36). The molecular formula is C28H26N8. The molecule has 0 aliphatic heterocycles. The number of nitrogens with one attached hydrogen (secondary N) is 3. The van der Waals surface area contributed by atoms with Crippen LogP contribution in [0.1, 0.15) is 32.3 Å². The molecule has 0 aromatic carbocycles. The fraction of sp³-hybridized carbons (Fsp3) is 0.179. The summed E-state index contributed by atoms with van der Waals surface area (Å²) in [7, 11) is 0. The van der Waals surface area contributed by atoms with Crippen LogP contribution in [-0.2, 0) is 0 Å². The number of aromatic amines is 2. The number of anilines is 1. The van der Waals surface area contributed by atoms with Gasteiger partial charge in [-0.25, -0.2) is 9.97 Å². The van der Waals surface area contributed by atoms with Gasteiger partial charge in [0.2, 0.25) is 0 Å². The minimum Gasteiger partial charge on any atom is -0.358 e. The van der Waals surface area contributed by atoms with Gasteiger partial charge in [0.25, 0.3) is 0 Å². The lowest BCUT2D eigenvalue weighted by atomic mass is 10.1. The molecule has 0 atom stereocenters. The number of aromatic nitrogens is 7. The zero-order chi connectivity index (χ0) is 24.6. The lowest BCUT2D eigenvalue weighted by Gasteiger charge is -2.12. The molecule has 0 amide bonds. The van der Waals surface area contributed by atoms with Crippen LogP contribution in [0.4, 0.5) is 5.69 Å². The number of rotatable bonds is 7. The topological polar surface area (TPSA) is 108 Å². The first-order chi connectivity index (χ1) is 17.5. The third kappa shape index (κ3) is 4.07. The predicted octanol–water partition coefficient (Wildman–Crippen LogP) is 6.27. The summed E-state index contributed by atoms with van der Waals surface area (Å²) in [5.41, 5.74) is 9.67. The van der Waals surface area contributed by atoms with Crippen molar-refractivity contribution in [1.29, 1.82) is 0 Å². The molecule has 5 aromatic heterocycles. The Labute approximate surface area is 208 Å². The predicted molar refractivity (Wildman–Crippen MR) is 144 cm³/mol. The monoisotopic (exact) mass is 474 g/mol. The summed E-state index contributed by atoms with van der Waals surface area (Å²) in [6.45, 7) is 8.48. The van der Waals surface area contributed by atoms with Crippen molar-refractivity contribution in [3.63, 3.8) is 0 Å². The molecule has 0 saturated heterocycles. The van der Waals surface area contributed by atoms with Crippen LogP contribution in [0, 0.1) is 5.92 Å². The Morgan fingerprint density at radius 3 is 2.78 bits per heavy atom. The highest BCUT2D eigenvalue weighted by Gasteiger charge is 2.18. The summed E-state index contributed by atoms with van der Waals surface area (Å²) in [5.74, 6) is 1.18. The van der Waals surface area contributed by atoms with Crippen molar-refractivity contribution < 1.29 is 0 Å². The van der Waals surface area contributed by atoms with E-state index >= 15 is 0 Å². The van der Waals surface area contributed by atoms with E-state index in [-0.39, 0.29) is 0 Å². The maximum absolute atomic E-state index is 4.94. The highest BCUT2D eigenvalue weighted by atomic mass is 15.2. The van der Waals surface area contributed by atoms with Gasteiger partial charge in [0.1, 0.15) is 5.52 Å². The van der Waals surface area contributed by atoms with Gasteiger partial charge in [-0.15, -0.1) is 0 Å². The first-order valence-corrected chi connectivity index (χ1v) is 12.0. The Morgan fingerprint density at radius 2 is 1.94 bits per heavy atom. The second kappa shape index (κ2) is 8.88. The molecule has 5 aromatic rings. The zero-order valence-electron chi connectivity index (χ0n) is 20.2. The molecule has 1 aliphatic carbocycles. The Hall–Kier alpha value is -4.59. The summed E-state index contributed by atoms with van der Waals surface area (Å²) >= 11 is 0. The van der Waals surface area contributed by atoms with Crippen LogP contribution in [0.5, 0.6) is 0 Å². The summed E-state index contributed by atoms with van der Waals surface area (Å²) in [6, 6.07) is 5.98. The Balaban J connectivity index is 1.37. The van der Waals surface area contributed by atoms with Crippen LogP contribution in [0.15, 0.2) is 73.5 Å². The highest BCUT2D eigenvalue weighted by molar-refractivity contribution is 5.96. The van der Waals surface area contributed by atoms with Gasteiger partial charge < -0.3 is 10.3 Å². The molecule has 36 heavy (non-hydrogen) atoms. The summed E-state index contributed by atoms with van der Waals surface area (Å²) < 4.78 is 0. The minimum absolute atomic E-state index is 0.529. The molecule has 0 radical (unpaired) electrons. The van der Waals surface area contributed by atoms with Crippen molar-refractivity contribution in [1.82, 2.24) is 35.1 Å². The molecule has 1 aliphatic rings. The van der Waals surface area contributed by atoms with E-state index in [9.17, 15) is 0 Å². The number of hydrogen-bond acceptors (Lipinski definition) is 6. The molecule has 5 heterocycles. The van der Waals surface area contributed by atoms with E-state index in [0.717, 1.165) is 68.7 Å². The molecular weight excluding hydrogens is 448 g/mol. The van der Waals surface area contributed by atoms with Gasteiger partial charge in [0.15, 0.2) is 11.5 Å². The molecule has 6 rings (SSSR count). The number of pyridine rings is 3. The summed E-state index contributed by atoms with van der Waals surface area (Å²) in [6.07, 6.45) is 15.5. The van der Waals surface area contributed by atoms with Crippen molar-refractivity contribution in [2.75, 3.05) is 5.32 Å². The van der Waals surface area contributed by atoms with Gasteiger partial charge in [-0.2, -0.15) is 5.10 Å². The molecule has 0 bridgehead atoms. The third-order valence-electron chi connectivity index (χ3n) is 6.12. The maximum Gasteiger partial charge on any atom is 0.161 e. The van der Waals surface area contributed by atoms with Crippen LogP contribution >= 0.6 is 0 Å². The average Bonchev–Trinajstić information content (AvgIpc) is 3.62. The van der Waals surface area contributed by atoms with Crippen LogP contribution < -0.4 is 5.32 Å². The number of nitrogens with zero attached hydrogens (tertiary/aromatic N) is 5. The molecule has 8 nitrogen and oxygen atoms in total. The average molecular weight is 475 g/mol. The quantitative estimate of drug-likeness (QED) is 0.256. The molecule has 3 N–H and O–H groups in total. The van der Waals surface area contributed by atoms with Crippen LogP contribution in [-0.4, -0.2) is 35.1 Å². The number of fused-ring (bicyclic) bond motifs is 2. The Bertz CT molecular complexity index is 1670. The van der Waals surface area contributed by atoms with Gasteiger partial charge in [0.05, 0.1) is 40.3 Å². The second-order valence-electron chi connectivity index (χ2n) is 9.42. The fourth-order valence-corrected chi connectivity index (χ4v) is 4.54. The van der Waals surface area contributed by atoms with Gasteiger partial charge in [-0.1, -0.05) is 38.7 Å². The Morgan fingerprint density at radius 1 is 1.06 bits per heavy atom. The molecule has 0 saturated carbocycles. The zero-order valence-corrected chi connectivity index (χ0v) is 20.2. The largest absolute Gasteiger partial charge is 0.358 e. The molecule has 0 spiro atoms. The summed E-state index contributed by atoms with van der Waals surface area (Å²) in [5, 5.41) is 11.0. The Kier molecular flexibility index (Phi) is 5.41. The van der Waals surface area contributed by atoms with E-state index in [1.807, 2.05) is 30.6 Å². The van der Waals surface area contributed by atoms with Gasteiger partial charge in [-0.3, -0.25) is 15.1 Å². The van der Waals surface area contributed by atoms with Gasteiger partial charge in [-0.05, 0) is 42.5 Å². The van der Waals surface area contributed by atoms with Crippen molar-refractivity contribution >= 4 is 33.3 Å². The lowest BCUT2D eigenvalue weighted by molar-refractivity contribution is 0.645. The number of H-pyrrole nitrogens is 2. The normalized spacial score (nSPS) is 13.1. The third-order valence-corrected chi connectivity index (χ3v) is 6.12. The summed E-state index contributed by atoms with van der Waals surface area (Å²) in [4.78, 5) is 22.0. The fourth-order valence-electron chi connectivity index (χ4n) is 4.54. The van der Waals surface area contributed by atoms with Crippen molar-refractivity contribution in [2.45, 2.75) is 26.7 Å². The van der Waals surface area contributed by atoms with Crippen LogP contribution in [0.2, 0.25) is 0 Å². The molecule has 178 valence electrons.